The zero-order chi connectivity index (χ0) is 110. The van der Waals surface area contributed by atoms with E-state index in [4.69, 9.17) is 83.7 Å². The Balaban J connectivity index is 0.000000243. The van der Waals surface area contributed by atoms with Crippen LogP contribution >= 0.6 is 35.6 Å². The van der Waals surface area contributed by atoms with Gasteiger partial charge >= 0.3 is 61.6 Å². The van der Waals surface area contributed by atoms with E-state index in [0.29, 0.717) is 68.5 Å². The van der Waals surface area contributed by atoms with Crippen LogP contribution in [-0.2, 0) is 96.9 Å². The number of Topliss-reactive ketones (excluding diaryl/α,β-unsaturated/α-hetero) is 2. The molecule has 8 amide bonds. The number of amides is 8. The van der Waals surface area contributed by atoms with E-state index in [-0.39, 0.29) is 104 Å². The number of benzene rings is 6. The fraction of sp³-hybridized carbons (Fsp3) is 0.333. The summed E-state index contributed by atoms with van der Waals surface area (Å²) in [6.07, 6.45) is 5.68. The minimum absolute atomic E-state index is 0. The predicted molar refractivity (Wildman–Crippen MR) is 548 cm³/mol. The van der Waals surface area contributed by atoms with Crippen molar-refractivity contribution in [2.75, 3.05) is 88.2 Å². The molecule has 6 aromatic carbocycles. The second kappa shape index (κ2) is 56.1. The van der Waals surface area contributed by atoms with E-state index in [1.165, 1.54) is 63.2 Å². The number of hydrogen-bond donors (Lipinski definition) is 9. The molecule has 6 atom stereocenters. The van der Waals surface area contributed by atoms with E-state index in [9.17, 15) is 81.8 Å². The number of aliphatic hydroxyl groups excluding tert-OH is 1. The summed E-state index contributed by atoms with van der Waals surface area (Å²) in [6.45, 7) is 15.5. The molecule has 44 nitrogen and oxygen atoms in total. The number of carbonyl (C=O) groups excluding carboxylic acids is 10. The number of pyridine rings is 4. The fourth-order valence-corrected chi connectivity index (χ4v) is 15.0. The maximum atomic E-state index is 13.2. The number of aliphatic hydroxyl groups is 1. The van der Waals surface area contributed by atoms with Gasteiger partial charge in [-0.25, -0.2) is 33.6 Å². The molecule has 0 aliphatic carbocycles. The molecule has 4 aromatic heterocycles. The Morgan fingerprint density at radius 1 is 0.433 bits per heavy atom. The minimum atomic E-state index is -3.79. The number of halogens is 3. The predicted octanol–water partition coefficient (Wildman–Crippen LogP) is 12.1. The Bertz CT molecular complexity index is 6770. The Morgan fingerprint density at radius 3 is 1.11 bits per heavy atom. The molecule has 5 fully saturated rings. The average Bonchev–Trinajstić information content (AvgIpc) is 1.63. The van der Waals surface area contributed by atoms with E-state index in [1.54, 1.807) is 282 Å². The quantitative estimate of drug-likeness (QED) is 0.0127. The first-order valence-corrected chi connectivity index (χ1v) is 47.9. The van der Waals surface area contributed by atoms with Crippen molar-refractivity contribution in [1.29, 1.82) is 0 Å². The molecule has 48 heteroatoms. The van der Waals surface area contributed by atoms with Crippen molar-refractivity contribution in [3.63, 3.8) is 0 Å². The Hall–Kier alpha value is -15.4. The standard InChI is InChI=1S/C25H25ClN4O5.C21H23N3O5.C18H21N3O4.C11H10N2O.C10H17NO5.C10H15NO5.C7H4ClNO.ClH.Cr.3O/c1-34-25(35-2)15-21(30(16-25)24(33)28-19-8-6-17(26)7-9-19)23(32)27-18-10-12-20(13-11-18)29-14-4-3-5-22(29)31;1-21(2,3)29-20(28)24-13-16(25)12-17(24)19(27)22-14-7-9-15(10-8-14)23-11-5-4-6-18(23)26;1-24-18(25-2)11-15(19-12-18)17(23)20-13-6-8-14(9-7-13)21-10-4-3-5-16(21)22;12-9-4-6-10(7-5-9)13-8-2-1-3-11(13)14;2*1-10(2,3)16-9(15)11-5-6(12)4-7(11)8(13)14;8-6-1-3-7(4-2-6)9-5-10;;;;;/h3-14,21H,15-16H2,1-2H3,(H,27,32)(H,28,33);4-11,17H,12-13H2,1-3H3,(H,22,27);3-10,15,19H,11-12H2,1-2H3,(H,20,23);1-8H,12H2;6-7,12H,4-5H2,1-3H3,(H,13,14);7H,4-5H2,1-3H3,(H,13,14);1-4H;1H;;;;/t21-;17-;15-;;6-,7-;7-;;;;;;/m111.11....../s1. The number of hydrogen-bond acceptors (Lipinski definition) is 30. The summed E-state index contributed by atoms with van der Waals surface area (Å²) in [5.74, 6) is -5.66. The van der Waals surface area contributed by atoms with Crippen molar-refractivity contribution >= 4 is 141 Å². The van der Waals surface area contributed by atoms with Gasteiger partial charge in [0.1, 0.15) is 41.0 Å². The van der Waals surface area contributed by atoms with E-state index >= 15 is 0 Å². The Kier molecular flexibility index (Phi) is 45.5. The number of carboxylic acid groups (broad SMARTS) is 2. The van der Waals surface area contributed by atoms with Crippen molar-refractivity contribution in [2.24, 2.45) is 4.99 Å². The van der Waals surface area contributed by atoms with Crippen LogP contribution in [-0.4, -0.2) is 251 Å². The third kappa shape index (κ3) is 37.5. The van der Waals surface area contributed by atoms with Gasteiger partial charge in [-0.05, 0) is 232 Å². The average molecular weight is 2170 g/mol. The molecular formula is C102H116Cl3CrN15O29. The molecule has 5 aliphatic rings. The normalized spacial score (nSPS) is 16.9. The van der Waals surface area contributed by atoms with E-state index in [2.05, 4.69) is 31.6 Å². The third-order valence-corrected chi connectivity index (χ3v) is 22.4. The molecule has 150 heavy (non-hydrogen) atoms. The number of carboxylic acids is 2. The number of methoxy groups -OCH3 is 4. The molecule has 800 valence electrons. The molecule has 10 aromatic rings. The van der Waals surface area contributed by atoms with Crippen molar-refractivity contribution in [3.05, 3.63) is 295 Å². The molecule has 5 aliphatic heterocycles. The van der Waals surface area contributed by atoms with Gasteiger partial charge in [0, 0.05) is 171 Å². The molecule has 0 spiro atoms. The monoisotopic (exact) mass is 2170 g/mol. The van der Waals surface area contributed by atoms with Crippen LogP contribution < -0.4 is 54.6 Å². The molecule has 0 saturated carbocycles. The van der Waals surface area contributed by atoms with Crippen LogP contribution in [0.2, 0.25) is 10.0 Å². The number of aromatic nitrogens is 4. The zero-order valence-electron chi connectivity index (χ0n) is 83.8. The van der Waals surface area contributed by atoms with Gasteiger partial charge in [-0.15, -0.1) is 12.4 Å². The number of likely N-dealkylation sites (tertiary alicyclic amines) is 4. The van der Waals surface area contributed by atoms with Gasteiger partial charge in [0.15, 0.2) is 23.1 Å². The van der Waals surface area contributed by atoms with Crippen LogP contribution in [0.5, 0.6) is 0 Å². The first kappa shape index (κ1) is 122. The summed E-state index contributed by atoms with van der Waals surface area (Å²) in [5.41, 5.74) is 9.33. The summed E-state index contributed by atoms with van der Waals surface area (Å²) < 4.78 is 68.9. The SMILES string of the molecule is CC(C)(C)OC(=O)N1CC(=O)C[C@@H]1C(=O)Nc1ccc(-n2ccccc2=O)cc1.CC(C)(C)OC(=O)N1CC(=O)C[C@@H]1C(=O)O.CC(C)(C)OC(=O)N1C[C@H](O)C[C@@H]1C(=O)O.COC1(OC)CN[C@@H](C(=O)Nc2ccc(-n3ccccc3=O)cc2)C1.COC1(OC)C[C@H](C(=O)Nc2ccc(-n3ccccc3=O)cc2)N(C(=O)Nc2ccc(Cl)cc2)C1.Cl.Nc1ccc(-n2ccccc2=O)cc1.O=C=Nc1ccc(Cl)cc1.[O]=[Cr](=[O])=[O]. The number of β-amino-alcohol motifs (C(OH)–C–C–N with tert-alkyl or cyclic N) is 1. The number of ether oxygens (including phenoxy) is 7. The van der Waals surface area contributed by atoms with Gasteiger partial charge in [0.2, 0.25) is 23.8 Å². The van der Waals surface area contributed by atoms with Crippen molar-refractivity contribution < 1.29 is 131 Å². The Labute approximate surface area is 880 Å². The number of urea groups is 1. The van der Waals surface area contributed by atoms with Gasteiger partial charge in [-0.2, -0.15) is 4.99 Å². The van der Waals surface area contributed by atoms with Gasteiger partial charge < -0.3 is 85.7 Å². The van der Waals surface area contributed by atoms with Crippen LogP contribution in [0.15, 0.2) is 267 Å². The molecule has 10 N–H and O–H groups in total. The number of nitrogens with one attached hydrogen (secondary N) is 5. The molecule has 0 bridgehead atoms. The van der Waals surface area contributed by atoms with Crippen LogP contribution in [0.3, 0.4) is 0 Å². The van der Waals surface area contributed by atoms with Crippen LogP contribution in [0.4, 0.5) is 53.3 Å². The van der Waals surface area contributed by atoms with E-state index in [1.807, 2.05) is 18.2 Å². The summed E-state index contributed by atoms with van der Waals surface area (Å²) in [4.78, 5) is 197. The number of aliphatic imine (C=N–C) groups is 1. The molecule has 0 unspecified atom stereocenters. The molecule has 15 rings (SSSR count). The number of rotatable bonds is 18. The Morgan fingerprint density at radius 2 is 0.760 bits per heavy atom. The van der Waals surface area contributed by atoms with Crippen LogP contribution in [0.1, 0.15) is 94.4 Å². The summed E-state index contributed by atoms with van der Waals surface area (Å²) in [7, 11) is 6.08. The molecular weight excluding hydrogens is 2060 g/mol. The molecule has 0 radical (unpaired) electrons. The van der Waals surface area contributed by atoms with Crippen LogP contribution in [0.25, 0.3) is 22.7 Å². The van der Waals surface area contributed by atoms with Gasteiger partial charge in [0.25, 0.3) is 22.2 Å². The van der Waals surface area contributed by atoms with Crippen molar-refractivity contribution in [1.82, 2.24) is 43.2 Å². The maximum absolute atomic E-state index is 13.2. The fourth-order valence-electron chi connectivity index (χ4n) is 14.7. The van der Waals surface area contributed by atoms with Crippen LogP contribution in [0, 0.1) is 0 Å². The number of nitrogens with zero attached hydrogens (tertiary/aromatic N) is 9. The van der Waals surface area contributed by atoms with Crippen molar-refractivity contribution in [3.8, 4) is 22.7 Å². The summed E-state index contributed by atoms with van der Waals surface area (Å²) >= 11 is 7.70. The number of anilines is 5. The first-order valence-electron chi connectivity index (χ1n) is 45.6. The number of aliphatic carboxylic acids is 2. The number of isocyanates is 1. The number of ketones is 2. The zero-order valence-corrected chi connectivity index (χ0v) is 87.4. The first-order chi connectivity index (χ1) is 70.3. The van der Waals surface area contributed by atoms with E-state index < -0.39 is 127 Å². The van der Waals surface area contributed by atoms with Gasteiger partial charge in [-0.1, -0.05) is 47.5 Å². The van der Waals surface area contributed by atoms with Gasteiger partial charge in [-0.3, -0.25) is 76.1 Å². The second-order valence-electron chi connectivity index (χ2n) is 36.2. The van der Waals surface area contributed by atoms with Gasteiger partial charge in [0.05, 0.1) is 50.6 Å². The summed E-state index contributed by atoms with van der Waals surface area (Å²) in [5, 5.41) is 42.6. The molecule has 9 heterocycles. The van der Waals surface area contributed by atoms with E-state index in [0.717, 1.165) is 26.1 Å². The number of carbonyl (C=O) groups is 11. The molecule has 5 saturated heterocycles. The van der Waals surface area contributed by atoms with Crippen molar-refractivity contribution in [2.45, 2.75) is 159 Å². The number of nitrogen functional groups attached to an aromatic ring is 1. The number of nitrogens with two attached hydrogens (primary N) is 1. The topological polar surface area (TPSA) is 581 Å². The third-order valence-electron chi connectivity index (χ3n) is 21.9. The second-order valence-corrected chi connectivity index (χ2v) is 37.7. The summed E-state index contributed by atoms with van der Waals surface area (Å²) in [6, 6.07) is 56.2.